The molecule has 5 nitrogen and oxygen atoms in total. The summed E-state index contributed by atoms with van der Waals surface area (Å²) in [5.74, 6) is 0. The van der Waals surface area contributed by atoms with Crippen LogP contribution in [0.2, 0.25) is 0 Å². The number of rotatable bonds is 9. The lowest BCUT2D eigenvalue weighted by molar-refractivity contribution is 0.0658. The molecule has 5 heteroatoms. The molecule has 0 radical (unpaired) electrons. The third-order valence-corrected chi connectivity index (χ3v) is 2.70. The standard InChI is InChI=1S/C13H23N3O2/c1-3-16-13(5-7-18-9-8-17-2)11-10-15-6-4-12(11)14/h4,6,10,13,16H,3,5,7-9H2,1-2H3,(H2,14,15). The SMILES string of the molecule is CCNC(CCOCCOC)c1cnccc1N. The van der Waals surface area contributed by atoms with Crippen molar-refractivity contribution in [2.24, 2.45) is 0 Å². The quantitative estimate of drug-likeness (QED) is 0.650. The monoisotopic (exact) mass is 253 g/mol. The number of hydrogen-bond acceptors (Lipinski definition) is 5. The van der Waals surface area contributed by atoms with E-state index in [1.54, 1.807) is 13.3 Å². The lowest BCUT2D eigenvalue weighted by Gasteiger charge is -2.19. The van der Waals surface area contributed by atoms with Gasteiger partial charge in [0.25, 0.3) is 0 Å². The molecule has 1 aromatic rings. The third kappa shape index (κ3) is 5.00. The third-order valence-electron chi connectivity index (χ3n) is 2.70. The minimum absolute atomic E-state index is 0.186. The number of methoxy groups -OCH3 is 1. The van der Waals surface area contributed by atoms with E-state index in [1.807, 2.05) is 12.3 Å². The average Bonchev–Trinajstić information content (AvgIpc) is 2.38. The first-order chi connectivity index (χ1) is 8.79. The van der Waals surface area contributed by atoms with Gasteiger partial charge in [0.15, 0.2) is 0 Å². The predicted octanol–water partition coefficient (Wildman–Crippen LogP) is 1.37. The number of hydrogen-bond donors (Lipinski definition) is 2. The summed E-state index contributed by atoms with van der Waals surface area (Å²) in [4.78, 5) is 4.13. The molecule has 0 aliphatic carbocycles. The van der Waals surface area contributed by atoms with E-state index in [4.69, 9.17) is 15.2 Å². The Hall–Kier alpha value is -1.17. The first kappa shape index (κ1) is 14.9. The van der Waals surface area contributed by atoms with Crippen molar-refractivity contribution in [3.8, 4) is 0 Å². The van der Waals surface area contributed by atoms with E-state index in [0.717, 1.165) is 24.2 Å². The van der Waals surface area contributed by atoms with Crippen LogP contribution in [0.1, 0.15) is 24.9 Å². The number of nitrogen functional groups attached to an aromatic ring is 1. The number of aromatic nitrogens is 1. The van der Waals surface area contributed by atoms with Crippen LogP contribution < -0.4 is 11.1 Å². The fourth-order valence-corrected chi connectivity index (χ4v) is 1.77. The fraction of sp³-hybridized carbons (Fsp3) is 0.615. The number of nitrogens with zero attached hydrogens (tertiary/aromatic N) is 1. The van der Waals surface area contributed by atoms with Gasteiger partial charge in [-0.2, -0.15) is 0 Å². The molecule has 0 saturated carbocycles. The topological polar surface area (TPSA) is 69.4 Å². The molecule has 0 spiro atoms. The highest BCUT2D eigenvalue weighted by Gasteiger charge is 2.13. The van der Waals surface area contributed by atoms with E-state index in [-0.39, 0.29) is 6.04 Å². The first-order valence-electron chi connectivity index (χ1n) is 6.29. The highest BCUT2D eigenvalue weighted by molar-refractivity contribution is 5.46. The molecular weight excluding hydrogens is 230 g/mol. The van der Waals surface area contributed by atoms with E-state index in [1.165, 1.54) is 0 Å². The number of anilines is 1. The van der Waals surface area contributed by atoms with Crippen molar-refractivity contribution in [2.45, 2.75) is 19.4 Å². The number of nitrogens with two attached hydrogens (primary N) is 1. The second-order valence-electron chi connectivity index (χ2n) is 4.01. The Morgan fingerprint density at radius 2 is 2.22 bits per heavy atom. The van der Waals surface area contributed by atoms with E-state index >= 15 is 0 Å². The molecule has 1 heterocycles. The molecule has 0 fully saturated rings. The van der Waals surface area contributed by atoms with Crippen LogP contribution >= 0.6 is 0 Å². The molecule has 0 aliphatic rings. The molecule has 0 amide bonds. The van der Waals surface area contributed by atoms with Gasteiger partial charge in [-0.1, -0.05) is 6.92 Å². The van der Waals surface area contributed by atoms with E-state index < -0.39 is 0 Å². The molecule has 102 valence electrons. The molecule has 0 aliphatic heterocycles. The van der Waals surface area contributed by atoms with Crippen LogP contribution in [0.15, 0.2) is 18.5 Å². The zero-order valence-corrected chi connectivity index (χ0v) is 11.2. The summed E-state index contributed by atoms with van der Waals surface area (Å²) in [5.41, 5.74) is 7.77. The van der Waals surface area contributed by atoms with Crippen molar-refractivity contribution in [2.75, 3.05) is 39.2 Å². The van der Waals surface area contributed by atoms with Gasteiger partial charge in [0.05, 0.1) is 13.2 Å². The fourth-order valence-electron chi connectivity index (χ4n) is 1.77. The van der Waals surface area contributed by atoms with Crippen molar-refractivity contribution in [3.05, 3.63) is 24.0 Å². The smallest absolute Gasteiger partial charge is 0.0700 e. The van der Waals surface area contributed by atoms with Gasteiger partial charge in [-0.25, -0.2) is 0 Å². The molecule has 0 saturated heterocycles. The molecule has 18 heavy (non-hydrogen) atoms. The van der Waals surface area contributed by atoms with Crippen LogP contribution in [0.25, 0.3) is 0 Å². The van der Waals surface area contributed by atoms with Crippen LogP contribution in [-0.2, 0) is 9.47 Å². The van der Waals surface area contributed by atoms with Gasteiger partial charge in [-0.3, -0.25) is 4.98 Å². The van der Waals surface area contributed by atoms with Crippen molar-refractivity contribution < 1.29 is 9.47 Å². The molecular formula is C13H23N3O2. The second kappa shape index (κ2) is 8.85. The van der Waals surface area contributed by atoms with Crippen LogP contribution in [0.5, 0.6) is 0 Å². The molecule has 0 aromatic carbocycles. The van der Waals surface area contributed by atoms with E-state index in [9.17, 15) is 0 Å². The van der Waals surface area contributed by atoms with Crippen molar-refractivity contribution >= 4 is 5.69 Å². The summed E-state index contributed by atoms with van der Waals surface area (Å²) in [7, 11) is 1.67. The lowest BCUT2D eigenvalue weighted by atomic mass is 10.0. The van der Waals surface area contributed by atoms with E-state index in [2.05, 4.69) is 17.2 Å². The normalized spacial score (nSPS) is 12.6. The maximum absolute atomic E-state index is 5.96. The van der Waals surface area contributed by atoms with Gasteiger partial charge < -0.3 is 20.5 Å². The van der Waals surface area contributed by atoms with Crippen molar-refractivity contribution in [1.29, 1.82) is 0 Å². The summed E-state index contributed by atoms with van der Waals surface area (Å²) >= 11 is 0. The van der Waals surface area contributed by atoms with E-state index in [0.29, 0.717) is 19.8 Å². The average molecular weight is 253 g/mol. The predicted molar refractivity (Wildman–Crippen MR) is 72.4 cm³/mol. The van der Waals surface area contributed by atoms with Gasteiger partial charge in [-0.15, -0.1) is 0 Å². The van der Waals surface area contributed by atoms with Gasteiger partial charge in [0.2, 0.25) is 0 Å². The Balaban J connectivity index is 2.47. The molecule has 1 unspecified atom stereocenters. The largest absolute Gasteiger partial charge is 0.398 e. The van der Waals surface area contributed by atoms with Gasteiger partial charge >= 0.3 is 0 Å². The minimum atomic E-state index is 0.186. The summed E-state index contributed by atoms with van der Waals surface area (Å²) in [6.45, 7) is 4.89. The van der Waals surface area contributed by atoms with Gasteiger partial charge in [-0.05, 0) is 19.0 Å². The number of nitrogens with one attached hydrogen (secondary N) is 1. The van der Waals surface area contributed by atoms with Crippen molar-refractivity contribution in [3.63, 3.8) is 0 Å². The molecule has 3 N–H and O–H groups in total. The molecule has 1 rings (SSSR count). The Morgan fingerprint density at radius 1 is 1.39 bits per heavy atom. The Morgan fingerprint density at radius 3 is 2.89 bits per heavy atom. The molecule has 1 aromatic heterocycles. The van der Waals surface area contributed by atoms with Gasteiger partial charge in [0.1, 0.15) is 0 Å². The molecule has 1 atom stereocenters. The number of ether oxygens (including phenoxy) is 2. The van der Waals surface area contributed by atoms with Crippen molar-refractivity contribution in [1.82, 2.24) is 10.3 Å². The van der Waals surface area contributed by atoms with Crippen LogP contribution in [-0.4, -0.2) is 38.5 Å². The summed E-state index contributed by atoms with van der Waals surface area (Å²) in [5, 5.41) is 3.40. The minimum Gasteiger partial charge on any atom is -0.398 e. The number of pyridine rings is 1. The summed E-state index contributed by atoms with van der Waals surface area (Å²) in [6, 6.07) is 2.01. The zero-order valence-electron chi connectivity index (χ0n) is 11.2. The van der Waals surface area contributed by atoms with Gasteiger partial charge in [0, 0.05) is 43.4 Å². The Kier molecular flexibility index (Phi) is 7.32. The highest BCUT2D eigenvalue weighted by Crippen LogP contribution is 2.21. The molecule has 0 bridgehead atoms. The maximum Gasteiger partial charge on any atom is 0.0700 e. The first-order valence-corrected chi connectivity index (χ1v) is 6.29. The van der Waals surface area contributed by atoms with Crippen LogP contribution in [0, 0.1) is 0 Å². The lowest BCUT2D eigenvalue weighted by Crippen LogP contribution is -2.23. The van der Waals surface area contributed by atoms with Crippen LogP contribution in [0.3, 0.4) is 0 Å². The Labute approximate surface area is 109 Å². The maximum atomic E-state index is 5.96. The highest BCUT2D eigenvalue weighted by atomic mass is 16.5. The summed E-state index contributed by atoms with van der Waals surface area (Å²) < 4.78 is 10.4. The Bertz CT molecular complexity index is 334. The second-order valence-corrected chi connectivity index (χ2v) is 4.01. The zero-order chi connectivity index (χ0) is 13.2. The summed E-state index contributed by atoms with van der Waals surface area (Å²) in [6.07, 6.45) is 4.39. The van der Waals surface area contributed by atoms with Crippen LogP contribution in [0.4, 0.5) is 5.69 Å².